The van der Waals surface area contributed by atoms with E-state index in [1.54, 1.807) is 32.1 Å². The van der Waals surface area contributed by atoms with Gasteiger partial charge in [-0.25, -0.2) is 4.79 Å². The van der Waals surface area contributed by atoms with E-state index in [0.29, 0.717) is 4.91 Å². The molecule has 2 aromatic rings. The maximum Gasteiger partial charge on any atom is 0.335 e. The van der Waals surface area contributed by atoms with Crippen molar-refractivity contribution in [3.05, 3.63) is 58.8 Å². The number of carbonyl (C=O) groups is 3. The van der Waals surface area contributed by atoms with Crippen LogP contribution in [0.1, 0.15) is 29.9 Å². The Kier molecular flexibility index (Phi) is 4.50. The van der Waals surface area contributed by atoms with Crippen molar-refractivity contribution in [2.24, 2.45) is 0 Å². The first-order chi connectivity index (χ1) is 11.9. The third-order valence-corrected chi connectivity index (χ3v) is 4.68. The van der Waals surface area contributed by atoms with Gasteiger partial charge in [0.05, 0.1) is 10.5 Å². The Morgan fingerprint density at radius 1 is 1.16 bits per heavy atom. The van der Waals surface area contributed by atoms with E-state index in [9.17, 15) is 14.4 Å². The molecular weight excluding hydrogens is 340 g/mol. The topological polar surface area (TPSA) is 79.6 Å². The summed E-state index contributed by atoms with van der Waals surface area (Å²) in [5.74, 6) is -1.28. The van der Waals surface area contributed by atoms with Crippen molar-refractivity contribution in [2.75, 3.05) is 0 Å². The molecule has 0 saturated carbocycles. The fourth-order valence-corrected chi connectivity index (χ4v) is 3.52. The fraction of sp³-hybridized carbons (Fsp3) is 0.167. The molecule has 1 N–H and O–H groups in total. The van der Waals surface area contributed by atoms with Crippen LogP contribution in [0.15, 0.2) is 47.5 Å². The summed E-state index contributed by atoms with van der Waals surface area (Å²) in [7, 11) is 0. The van der Waals surface area contributed by atoms with Crippen molar-refractivity contribution in [2.45, 2.75) is 19.9 Å². The van der Waals surface area contributed by atoms with E-state index < -0.39 is 5.97 Å². The van der Waals surface area contributed by atoms with Crippen molar-refractivity contribution in [3.63, 3.8) is 0 Å². The zero-order chi connectivity index (χ0) is 18.1. The van der Waals surface area contributed by atoms with Gasteiger partial charge in [-0.2, -0.15) is 0 Å². The first kappa shape index (κ1) is 17.0. The third kappa shape index (κ3) is 3.23. The highest BCUT2D eigenvalue weighted by Gasteiger charge is 2.36. The number of hydrogen-bond acceptors (Lipinski definition) is 4. The molecule has 6 nitrogen and oxygen atoms in total. The number of imide groups is 1. The Bertz CT molecular complexity index is 881. The molecule has 0 atom stereocenters. The van der Waals surface area contributed by atoms with E-state index >= 15 is 0 Å². The molecule has 1 aliphatic rings. The van der Waals surface area contributed by atoms with Crippen LogP contribution in [0, 0.1) is 0 Å². The maximum absolute atomic E-state index is 12.4. The summed E-state index contributed by atoms with van der Waals surface area (Å²) in [6.45, 7) is 3.60. The molecule has 3 rings (SSSR count). The summed E-state index contributed by atoms with van der Waals surface area (Å²) in [5.41, 5.74) is 1.71. The van der Waals surface area contributed by atoms with Gasteiger partial charge in [-0.15, -0.1) is 0 Å². The standard InChI is InChI=1S/C18H16N2O4S/c1-11(2)20-16(21)15(25-18(20)24)10-14-4-3-9-19(14)13-7-5-12(6-8-13)17(22)23/h3-11H,1-2H3,(H,22,23)/b15-10+. The smallest absolute Gasteiger partial charge is 0.335 e. The Labute approximate surface area is 148 Å². The Balaban J connectivity index is 1.94. The number of hydrogen-bond donors (Lipinski definition) is 1. The molecule has 0 spiro atoms. The van der Waals surface area contributed by atoms with E-state index in [1.165, 1.54) is 17.0 Å². The lowest BCUT2D eigenvalue weighted by Gasteiger charge is -2.16. The van der Waals surface area contributed by atoms with Crippen molar-refractivity contribution in [1.82, 2.24) is 9.47 Å². The largest absolute Gasteiger partial charge is 0.478 e. The number of carboxylic acids is 1. The van der Waals surface area contributed by atoms with Gasteiger partial charge < -0.3 is 9.67 Å². The fourth-order valence-electron chi connectivity index (χ4n) is 2.57. The quantitative estimate of drug-likeness (QED) is 0.847. The normalized spacial score (nSPS) is 16.3. The average Bonchev–Trinajstić information content (AvgIpc) is 3.12. The molecular formula is C18H16N2O4S. The van der Waals surface area contributed by atoms with Gasteiger partial charge in [0, 0.05) is 23.6 Å². The molecule has 1 fully saturated rings. The molecule has 1 saturated heterocycles. The molecule has 0 unspecified atom stereocenters. The summed E-state index contributed by atoms with van der Waals surface area (Å²) in [4.78, 5) is 37.0. The maximum atomic E-state index is 12.4. The molecule has 0 radical (unpaired) electrons. The number of aromatic nitrogens is 1. The average molecular weight is 356 g/mol. The van der Waals surface area contributed by atoms with E-state index in [4.69, 9.17) is 5.11 Å². The number of rotatable bonds is 4. The van der Waals surface area contributed by atoms with Crippen LogP contribution in [0.5, 0.6) is 0 Å². The number of aromatic carboxylic acids is 1. The SMILES string of the molecule is CC(C)N1C(=O)S/C(=C/c2cccn2-c2ccc(C(=O)O)cc2)C1=O. The molecule has 0 bridgehead atoms. The lowest BCUT2D eigenvalue weighted by Crippen LogP contribution is -2.34. The monoisotopic (exact) mass is 356 g/mol. The highest BCUT2D eigenvalue weighted by molar-refractivity contribution is 8.18. The lowest BCUT2D eigenvalue weighted by atomic mass is 10.2. The van der Waals surface area contributed by atoms with E-state index in [2.05, 4.69) is 0 Å². The molecule has 7 heteroatoms. The van der Waals surface area contributed by atoms with Crippen molar-refractivity contribution in [1.29, 1.82) is 0 Å². The molecule has 1 aromatic heterocycles. The van der Waals surface area contributed by atoms with E-state index in [0.717, 1.165) is 23.1 Å². The molecule has 1 aliphatic heterocycles. The van der Waals surface area contributed by atoms with Crippen LogP contribution < -0.4 is 0 Å². The lowest BCUT2D eigenvalue weighted by molar-refractivity contribution is -0.123. The molecule has 2 amide bonds. The number of nitrogens with zero attached hydrogens (tertiary/aromatic N) is 2. The van der Waals surface area contributed by atoms with Crippen molar-refractivity contribution >= 4 is 35.0 Å². The predicted octanol–water partition coefficient (Wildman–Crippen LogP) is 3.62. The Morgan fingerprint density at radius 3 is 2.40 bits per heavy atom. The zero-order valence-corrected chi connectivity index (χ0v) is 14.5. The number of carboxylic acid groups (broad SMARTS) is 1. The molecule has 128 valence electrons. The van der Waals surface area contributed by atoms with Gasteiger partial charge in [0.2, 0.25) is 0 Å². The summed E-state index contributed by atoms with van der Waals surface area (Å²) in [5, 5.41) is 8.71. The minimum Gasteiger partial charge on any atom is -0.478 e. The highest BCUT2D eigenvalue weighted by atomic mass is 32.2. The van der Waals surface area contributed by atoms with E-state index in [-0.39, 0.29) is 22.8 Å². The molecule has 1 aromatic carbocycles. The second kappa shape index (κ2) is 6.60. The van der Waals surface area contributed by atoms with Gasteiger partial charge in [0.15, 0.2) is 0 Å². The van der Waals surface area contributed by atoms with Crippen molar-refractivity contribution in [3.8, 4) is 5.69 Å². The molecule has 25 heavy (non-hydrogen) atoms. The first-order valence-electron chi connectivity index (χ1n) is 7.66. The van der Waals surface area contributed by atoms with Crippen LogP contribution in [0.4, 0.5) is 4.79 Å². The minimum absolute atomic E-state index is 0.186. The summed E-state index contributed by atoms with van der Waals surface area (Å²) in [6.07, 6.45) is 3.49. The van der Waals surface area contributed by atoms with Gasteiger partial charge in [-0.3, -0.25) is 14.5 Å². The van der Waals surface area contributed by atoms with Gasteiger partial charge in [0.1, 0.15) is 0 Å². The van der Waals surface area contributed by atoms with Gasteiger partial charge in [0.25, 0.3) is 11.1 Å². The number of benzene rings is 1. The van der Waals surface area contributed by atoms with Gasteiger partial charge in [-0.1, -0.05) is 0 Å². The Morgan fingerprint density at radius 2 is 1.84 bits per heavy atom. The van der Waals surface area contributed by atoms with Crippen LogP contribution in [-0.4, -0.2) is 37.7 Å². The van der Waals surface area contributed by atoms with Gasteiger partial charge >= 0.3 is 5.97 Å². The minimum atomic E-state index is -0.985. The predicted molar refractivity (Wildman–Crippen MR) is 95.7 cm³/mol. The van der Waals surface area contributed by atoms with Crippen LogP contribution in [0.2, 0.25) is 0 Å². The number of amides is 2. The zero-order valence-electron chi connectivity index (χ0n) is 13.7. The van der Waals surface area contributed by atoms with Crippen LogP contribution in [-0.2, 0) is 4.79 Å². The Hall–Kier alpha value is -2.80. The summed E-state index contributed by atoms with van der Waals surface area (Å²) >= 11 is 0.926. The summed E-state index contributed by atoms with van der Waals surface area (Å²) < 4.78 is 1.83. The number of thioether (sulfide) groups is 1. The van der Waals surface area contributed by atoms with Crippen LogP contribution >= 0.6 is 11.8 Å². The third-order valence-electron chi connectivity index (χ3n) is 3.79. The molecule has 0 aliphatic carbocycles. The van der Waals surface area contributed by atoms with Crippen LogP contribution in [0.3, 0.4) is 0 Å². The highest BCUT2D eigenvalue weighted by Crippen LogP contribution is 2.33. The molecule has 2 heterocycles. The van der Waals surface area contributed by atoms with Crippen LogP contribution in [0.25, 0.3) is 11.8 Å². The first-order valence-corrected chi connectivity index (χ1v) is 8.48. The second-order valence-corrected chi connectivity index (χ2v) is 6.79. The van der Waals surface area contributed by atoms with Crippen molar-refractivity contribution < 1.29 is 19.5 Å². The number of carbonyl (C=O) groups excluding carboxylic acids is 2. The van der Waals surface area contributed by atoms with Gasteiger partial charge in [-0.05, 0) is 68.1 Å². The second-order valence-electron chi connectivity index (χ2n) is 5.80. The van der Waals surface area contributed by atoms with E-state index in [1.807, 2.05) is 22.9 Å². The summed E-state index contributed by atoms with van der Waals surface area (Å²) in [6, 6.07) is 9.90.